The molecule has 0 spiro atoms. The average molecular weight is 1030 g/mol. The summed E-state index contributed by atoms with van der Waals surface area (Å²) >= 11 is 0. The van der Waals surface area contributed by atoms with Gasteiger partial charge in [-0.25, -0.2) is 14.6 Å². The van der Waals surface area contributed by atoms with E-state index >= 15 is 0 Å². The molecule has 2 amide bonds. The first-order valence-electron chi connectivity index (χ1n) is 22.7. The third-order valence-corrected chi connectivity index (χ3v) is 15.9. The van der Waals surface area contributed by atoms with Crippen LogP contribution in [-0.4, -0.2) is 192 Å². The number of amides is 2. The van der Waals surface area contributed by atoms with Gasteiger partial charge < -0.3 is 68.2 Å². The van der Waals surface area contributed by atoms with Crippen LogP contribution < -0.4 is 4.74 Å². The van der Waals surface area contributed by atoms with Crippen LogP contribution in [0, 0.1) is 5.21 Å². The van der Waals surface area contributed by atoms with Crippen LogP contribution in [0.1, 0.15) is 75.8 Å². The number of benzene rings is 2. The summed E-state index contributed by atoms with van der Waals surface area (Å²) in [5.74, 6) is -3.98. The van der Waals surface area contributed by atoms with Gasteiger partial charge in [0, 0.05) is 94.2 Å². The van der Waals surface area contributed by atoms with Crippen LogP contribution >= 0.6 is 21.6 Å². The van der Waals surface area contributed by atoms with E-state index in [1.165, 1.54) is 79.2 Å². The van der Waals surface area contributed by atoms with Crippen LogP contribution in [0.5, 0.6) is 17.2 Å². The molecule has 4 heterocycles. The minimum Gasteiger partial charge on any atom is -0.619 e. The highest BCUT2D eigenvalue weighted by Crippen LogP contribution is 2.53. The number of methoxy groups -OCH3 is 2. The van der Waals surface area contributed by atoms with E-state index in [4.69, 9.17) is 37.9 Å². The number of aromatic nitrogens is 1. The van der Waals surface area contributed by atoms with E-state index in [1.54, 1.807) is 19.1 Å². The van der Waals surface area contributed by atoms with Crippen molar-refractivity contribution in [1.29, 1.82) is 0 Å². The van der Waals surface area contributed by atoms with E-state index in [1.807, 2.05) is 6.92 Å². The molecule has 0 radical (unpaired) electrons. The third kappa shape index (κ3) is 10.3. The molecular formula is C47H55N5O17S2. The van der Waals surface area contributed by atoms with Crippen molar-refractivity contribution in [2.75, 3.05) is 67.8 Å². The van der Waals surface area contributed by atoms with Gasteiger partial charge in [-0.05, 0) is 36.8 Å². The van der Waals surface area contributed by atoms with Crippen LogP contribution in [-0.2, 0) is 44.4 Å². The molecule has 2 aromatic carbocycles. The Bertz CT molecular complexity index is 2590. The maximum atomic E-state index is 14.2. The van der Waals surface area contributed by atoms with Gasteiger partial charge >= 0.3 is 12.2 Å². The molecule has 0 bridgehead atoms. The first-order chi connectivity index (χ1) is 33.8. The summed E-state index contributed by atoms with van der Waals surface area (Å²) in [5.41, 5.74) is -3.72. The quantitative estimate of drug-likeness (QED) is 0.0358. The van der Waals surface area contributed by atoms with Crippen molar-refractivity contribution >= 4 is 63.5 Å². The molecule has 22 nitrogen and oxygen atoms in total. The number of carbonyl (C=O) groups is 5. The molecule has 382 valence electrons. The molecule has 2 aliphatic carbocycles. The van der Waals surface area contributed by atoms with Crippen molar-refractivity contribution in [3.63, 3.8) is 0 Å². The van der Waals surface area contributed by atoms with E-state index in [9.17, 15) is 44.5 Å². The fourth-order valence-corrected chi connectivity index (χ4v) is 11.3. The fraction of sp³-hybridized carbons (Fsp3) is 0.511. The summed E-state index contributed by atoms with van der Waals surface area (Å²) in [5, 5.41) is 48.2. The lowest BCUT2D eigenvalue weighted by molar-refractivity contribution is -0.350. The number of likely N-dealkylation sites (N-methyl/N-ethyl adjacent to an activating group) is 2. The van der Waals surface area contributed by atoms with Gasteiger partial charge in [-0.2, -0.15) is 4.74 Å². The maximum Gasteiger partial charge on any atom is 0.409 e. The predicted molar refractivity (Wildman–Crippen MR) is 252 cm³/mol. The number of carbonyl (C=O) groups excluding carboxylic acids is 5. The van der Waals surface area contributed by atoms with Gasteiger partial charge in [0.2, 0.25) is 17.3 Å². The third-order valence-electron chi connectivity index (χ3n) is 13.2. The number of hydrogen-bond donors (Lipinski definition) is 3. The first kappa shape index (κ1) is 51.8. The number of aromatic hydroxyl groups is 2. The van der Waals surface area contributed by atoms with Gasteiger partial charge in [0.25, 0.3) is 0 Å². The molecule has 0 saturated carbocycles. The van der Waals surface area contributed by atoms with E-state index in [0.717, 1.165) is 4.90 Å². The monoisotopic (exact) mass is 1030 g/mol. The van der Waals surface area contributed by atoms with Crippen LogP contribution in [0.4, 0.5) is 15.3 Å². The maximum absolute atomic E-state index is 14.2. The smallest absolute Gasteiger partial charge is 0.409 e. The zero-order chi connectivity index (χ0) is 51.1. The second-order valence-corrected chi connectivity index (χ2v) is 20.5. The lowest BCUT2D eigenvalue weighted by Crippen LogP contribution is -2.55. The minimum absolute atomic E-state index is 0.0218. The van der Waals surface area contributed by atoms with Crippen molar-refractivity contribution in [2.45, 2.75) is 92.1 Å². The van der Waals surface area contributed by atoms with E-state index in [-0.39, 0.29) is 65.4 Å². The van der Waals surface area contributed by atoms with Gasteiger partial charge in [-0.1, -0.05) is 22.9 Å². The van der Waals surface area contributed by atoms with E-state index in [2.05, 4.69) is 16.6 Å². The number of phenols is 2. The summed E-state index contributed by atoms with van der Waals surface area (Å²) in [6, 6.07) is 7.38. The number of nitrogens with zero attached hydrogens (tertiary/aromatic N) is 5. The molecule has 3 aromatic rings. The van der Waals surface area contributed by atoms with Crippen LogP contribution in [0.25, 0.3) is 0 Å². The molecule has 8 rings (SSSR count). The lowest BCUT2D eigenvalue weighted by atomic mass is 9.72. The molecule has 1 unspecified atom stereocenters. The Balaban J connectivity index is 0.947. The minimum atomic E-state index is -2.43. The summed E-state index contributed by atoms with van der Waals surface area (Å²) in [6.45, 7) is 6.93. The Morgan fingerprint density at radius 2 is 1.75 bits per heavy atom. The molecule has 3 saturated heterocycles. The van der Waals surface area contributed by atoms with Crippen molar-refractivity contribution in [3.8, 4) is 17.2 Å². The average Bonchev–Trinajstić information content (AvgIpc) is 3.75. The standard InChI is InChI=1S/C47H55N5O17S2/c1-23(70-71-32-12-11-25(20-48-32)51(5)61)21-65-45(58)49(3)13-14-50(4)46(59)66-22-31(53)47(60)18-27-35(41(57)37-36(39(27)55)38(54)26-9-8-10-29(62-6)34(26)40(37)56)30(19-47)68-33-17-28-42(24(2)67-33)69-43-44(63-7)64-16-15-52(28)43/h8-12,20,23-24,28,30,33,42-44,55,57,60H,5,13-19,21-22H2,1-4,6-7H3/t23?,24-,28-,30-,33-,42+,43+,44-,47-/m0/s1. The van der Waals surface area contributed by atoms with Crippen molar-refractivity contribution < 1.29 is 81.9 Å². The number of pyridine rings is 1. The second kappa shape index (κ2) is 21.3. The van der Waals surface area contributed by atoms with Crippen molar-refractivity contribution in [1.82, 2.24) is 19.7 Å². The molecule has 3 aliphatic heterocycles. The number of ether oxygens (including phenoxy) is 8. The number of hydrogen-bond acceptors (Lipinski definition) is 21. The van der Waals surface area contributed by atoms with Gasteiger partial charge in [-0.15, -0.1) is 0 Å². The highest BCUT2D eigenvalue weighted by molar-refractivity contribution is 8.76. The van der Waals surface area contributed by atoms with E-state index < -0.39 is 114 Å². The topological polar surface area (TPSA) is 269 Å². The fourth-order valence-electron chi connectivity index (χ4n) is 9.42. The van der Waals surface area contributed by atoms with Crippen LogP contribution in [0.15, 0.2) is 41.6 Å². The first-order valence-corrected chi connectivity index (χ1v) is 24.9. The van der Waals surface area contributed by atoms with Gasteiger partial charge in [0.15, 0.2) is 31.2 Å². The van der Waals surface area contributed by atoms with Crippen molar-refractivity contribution in [3.05, 3.63) is 75.1 Å². The summed E-state index contributed by atoms with van der Waals surface area (Å²) in [6.07, 6.45) is -5.87. The number of aliphatic hydroxyl groups is 1. The number of fused-ring (bicyclic) bond motifs is 6. The Hall–Kier alpha value is -5.57. The van der Waals surface area contributed by atoms with Gasteiger partial charge in [0.1, 0.15) is 53.5 Å². The summed E-state index contributed by atoms with van der Waals surface area (Å²) in [4.78, 5) is 77.1. The molecule has 24 heteroatoms. The lowest BCUT2D eigenvalue weighted by Gasteiger charge is -2.43. The predicted octanol–water partition coefficient (Wildman–Crippen LogP) is 3.92. The van der Waals surface area contributed by atoms with Crippen LogP contribution in [0.2, 0.25) is 0 Å². The Kier molecular flexibility index (Phi) is 15.5. The highest BCUT2D eigenvalue weighted by atomic mass is 33.1. The van der Waals surface area contributed by atoms with Gasteiger partial charge in [0.05, 0.1) is 42.6 Å². The van der Waals surface area contributed by atoms with Crippen molar-refractivity contribution in [2.24, 2.45) is 0 Å². The zero-order valence-corrected chi connectivity index (χ0v) is 41.4. The Morgan fingerprint density at radius 1 is 1.03 bits per heavy atom. The number of Topliss-reactive ketones (excluding diaryl/α,β-unsaturated/α-hetero) is 1. The summed E-state index contributed by atoms with van der Waals surface area (Å²) in [7, 11) is 8.47. The molecule has 3 fully saturated rings. The van der Waals surface area contributed by atoms with E-state index in [0.29, 0.717) is 28.6 Å². The number of phenolic OH excluding ortho intramolecular Hbond substituents is 2. The largest absolute Gasteiger partial charge is 0.619 e. The molecule has 71 heavy (non-hydrogen) atoms. The normalized spacial score (nSPS) is 25.9. The second-order valence-electron chi connectivity index (χ2n) is 17.8. The highest BCUT2D eigenvalue weighted by Gasteiger charge is 2.55. The SMILES string of the molecule is C=[N+]([O-])c1ccc(SSC(C)COC(=O)N(C)CCN(C)C(=O)OCC(=O)[C@]2(O)Cc3c(O)c4c(c(O)c3[C@@H](O[C@H]3C[C@H]5[C@H](O[C@@H]6[C@@H](OC)OCCN65)[C@H](C)O3)C2)C(=O)c2c(OC)cccc2C4=O)nc1. The van der Waals surface area contributed by atoms with Gasteiger partial charge in [-0.3, -0.25) is 19.3 Å². The molecule has 9 atom stereocenters. The Labute approximate surface area is 416 Å². The molecule has 3 N–H and O–H groups in total. The Morgan fingerprint density at radius 3 is 2.42 bits per heavy atom. The number of ketones is 3. The number of rotatable bonds is 16. The number of morpholine rings is 1. The molecule has 5 aliphatic rings. The molecular weight excluding hydrogens is 971 g/mol. The molecule has 1 aromatic heterocycles. The summed E-state index contributed by atoms with van der Waals surface area (Å²) < 4.78 is 47.2. The zero-order valence-electron chi connectivity index (χ0n) is 39.8. The van der Waals surface area contributed by atoms with Crippen LogP contribution in [0.3, 0.4) is 0 Å².